The second kappa shape index (κ2) is 7.32. The van der Waals surface area contributed by atoms with Gasteiger partial charge in [0.05, 0.1) is 0 Å². The number of hydrogen-bond acceptors (Lipinski definition) is 1. The van der Waals surface area contributed by atoms with Crippen LogP contribution >= 0.6 is 0 Å². The molecule has 0 aliphatic rings. The van der Waals surface area contributed by atoms with Crippen molar-refractivity contribution in [3.05, 3.63) is 70.8 Å². The fourth-order valence-corrected chi connectivity index (χ4v) is 2.32. The van der Waals surface area contributed by atoms with Crippen molar-refractivity contribution < 1.29 is 8.78 Å². The monoisotopic (exact) mass is 289 g/mol. The lowest BCUT2D eigenvalue weighted by molar-refractivity contribution is 0.493. The van der Waals surface area contributed by atoms with Gasteiger partial charge in [0.2, 0.25) is 0 Å². The average Bonchev–Trinajstić information content (AvgIpc) is 2.48. The van der Waals surface area contributed by atoms with E-state index in [4.69, 9.17) is 0 Å². The maximum atomic E-state index is 13.5. The molecule has 1 atom stereocenters. The third-order valence-electron chi connectivity index (χ3n) is 3.55. The van der Waals surface area contributed by atoms with E-state index in [-0.39, 0.29) is 6.04 Å². The molecule has 0 saturated heterocycles. The standard InChI is InChI=1S/C18H21F2N/c1-3-10-21-18(11-14-6-4-13(2)5-7-14)15-8-9-16(19)17(20)12-15/h4-9,12,18,21H,3,10-11H2,1-2H3. The Bertz CT molecular complexity index is 578. The van der Waals surface area contributed by atoms with Crippen LogP contribution in [-0.4, -0.2) is 6.54 Å². The van der Waals surface area contributed by atoms with E-state index in [1.54, 1.807) is 6.07 Å². The van der Waals surface area contributed by atoms with Crippen LogP contribution < -0.4 is 5.32 Å². The zero-order valence-corrected chi connectivity index (χ0v) is 12.5. The molecule has 0 aliphatic heterocycles. The summed E-state index contributed by atoms with van der Waals surface area (Å²) in [6.45, 7) is 4.97. The highest BCUT2D eigenvalue weighted by atomic mass is 19.2. The molecule has 21 heavy (non-hydrogen) atoms. The fraction of sp³-hybridized carbons (Fsp3) is 0.333. The van der Waals surface area contributed by atoms with E-state index in [2.05, 4.69) is 36.5 Å². The van der Waals surface area contributed by atoms with Gasteiger partial charge in [-0.3, -0.25) is 0 Å². The second-order valence-corrected chi connectivity index (χ2v) is 5.37. The molecule has 0 aromatic heterocycles. The molecular weight excluding hydrogens is 268 g/mol. The Hall–Kier alpha value is -1.74. The minimum Gasteiger partial charge on any atom is -0.310 e. The quantitative estimate of drug-likeness (QED) is 0.822. The number of benzene rings is 2. The maximum Gasteiger partial charge on any atom is 0.159 e. The normalized spacial score (nSPS) is 12.4. The largest absolute Gasteiger partial charge is 0.310 e. The molecule has 0 saturated carbocycles. The first-order valence-electron chi connectivity index (χ1n) is 7.34. The maximum absolute atomic E-state index is 13.5. The van der Waals surface area contributed by atoms with Crippen molar-refractivity contribution in [2.24, 2.45) is 0 Å². The first kappa shape index (κ1) is 15.6. The van der Waals surface area contributed by atoms with E-state index in [0.717, 1.165) is 24.9 Å². The highest BCUT2D eigenvalue weighted by molar-refractivity contribution is 5.27. The summed E-state index contributed by atoms with van der Waals surface area (Å²) in [6, 6.07) is 12.4. The van der Waals surface area contributed by atoms with Crippen LogP contribution in [0.5, 0.6) is 0 Å². The molecule has 0 aliphatic carbocycles. The molecule has 0 amide bonds. The van der Waals surface area contributed by atoms with Gasteiger partial charge in [-0.2, -0.15) is 0 Å². The Morgan fingerprint density at radius 1 is 1.00 bits per heavy atom. The summed E-state index contributed by atoms with van der Waals surface area (Å²) in [5.41, 5.74) is 3.17. The summed E-state index contributed by atoms with van der Waals surface area (Å²) in [5, 5.41) is 3.41. The summed E-state index contributed by atoms with van der Waals surface area (Å²) in [5.74, 6) is -1.59. The van der Waals surface area contributed by atoms with Crippen molar-refractivity contribution in [1.29, 1.82) is 0 Å². The zero-order valence-electron chi connectivity index (χ0n) is 12.5. The molecule has 3 heteroatoms. The van der Waals surface area contributed by atoms with Crippen LogP contribution in [-0.2, 0) is 6.42 Å². The summed E-state index contributed by atoms with van der Waals surface area (Å²) < 4.78 is 26.5. The predicted octanol–water partition coefficient (Wildman–Crippen LogP) is 4.56. The fourth-order valence-electron chi connectivity index (χ4n) is 2.32. The molecule has 1 nitrogen and oxygen atoms in total. The highest BCUT2D eigenvalue weighted by Crippen LogP contribution is 2.21. The van der Waals surface area contributed by atoms with Crippen LogP contribution in [0.4, 0.5) is 8.78 Å². The number of aryl methyl sites for hydroxylation is 1. The molecule has 1 N–H and O–H groups in total. The minimum absolute atomic E-state index is 0.0113. The van der Waals surface area contributed by atoms with Crippen LogP contribution in [0, 0.1) is 18.6 Å². The molecule has 2 rings (SSSR count). The Labute approximate surface area is 125 Å². The summed E-state index contributed by atoms with van der Waals surface area (Å²) in [7, 11) is 0. The van der Waals surface area contributed by atoms with Crippen molar-refractivity contribution in [2.75, 3.05) is 6.54 Å². The van der Waals surface area contributed by atoms with Gasteiger partial charge in [-0.15, -0.1) is 0 Å². The average molecular weight is 289 g/mol. The second-order valence-electron chi connectivity index (χ2n) is 5.37. The molecule has 0 heterocycles. The smallest absolute Gasteiger partial charge is 0.159 e. The van der Waals surface area contributed by atoms with Gasteiger partial charge in [0.25, 0.3) is 0 Å². The van der Waals surface area contributed by atoms with Crippen molar-refractivity contribution in [3.63, 3.8) is 0 Å². The lowest BCUT2D eigenvalue weighted by Gasteiger charge is -2.19. The van der Waals surface area contributed by atoms with Gasteiger partial charge in [0.15, 0.2) is 11.6 Å². The minimum atomic E-state index is -0.802. The van der Waals surface area contributed by atoms with Gasteiger partial charge < -0.3 is 5.32 Å². The molecule has 0 bridgehead atoms. The highest BCUT2D eigenvalue weighted by Gasteiger charge is 2.14. The van der Waals surface area contributed by atoms with Crippen LogP contribution in [0.2, 0.25) is 0 Å². The first-order chi connectivity index (χ1) is 10.1. The molecule has 2 aromatic rings. The molecular formula is C18H21F2N. The van der Waals surface area contributed by atoms with Crippen LogP contribution in [0.1, 0.15) is 36.1 Å². The van der Waals surface area contributed by atoms with Crippen LogP contribution in [0.3, 0.4) is 0 Å². The molecule has 0 spiro atoms. The van der Waals surface area contributed by atoms with E-state index in [0.29, 0.717) is 0 Å². The van der Waals surface area contributed by atoms with Crippen molar-refractivity contribution >= 4 is 0 Å². The third kappa shape index (κ3) is 4.36. The third-order valence-corrected chi connectivity index (χ3v) is 3.55. The van der Waals surface area contributed by atoms with Gasteiger partial charge in [-0.25, -0.2) is 8.78 Å². The number of hydrogen-bond donors (Lipinski definition) is 1. The van der Waals surface area contributed by atoms with Gasteiger partial charge >= 0.3 is 0 Å². The number of rotatable bonds is 6. The van der Waals surface area contributed by atoms with Crippen LogP contribution in [0.15, 0.2) is 42.5 Å². The Morgan fingerprint density at radius 2 is 1.71 bits per heavy atom. The van der Waals surface area contributed by atoms with E-state index in [9.17, 15) is 8.78 Å². The number of nitrogens with one attached hydrogen (secondary N) is 1. The molecule has 112 valence electrons. The van der Waals surface area contributed by atoms with Gasteiger partial charge in [-0.1, -0.05) is 42.8 Å². The lowest BCUT2D eigenvalue weighted by atomic mass is 9.98. The summed E-state index contributed by atoms with van der Waals surface area (Å²) in [6.07, 6.45) is 1.75. The van der Waals surface area contributed by atoms with Crippen LogP contribution in [0.25, 0.3) is 0 Å². The Morgan fingerprint density at radius 3 is 2.33 bits per heavy atom. The molecule has 2 aromatic carbocycles. The molecule has 0 radical (unpaired) electrons. The Kier molecular flexibility index (Phi) is 5.45. The molecule has 0 fully saturated rings. The van der Waals surface area contributed by atoms with E-state index >= 15 is 0 Å². The SMILES string of the molecule is CCCNC(Cc1ccc(C)cc1)c1ccc(F)c(F)c1. The van der Waals surface area contributed by atoms with Crippen molar-refractivity contribution in [2.45, 2.75) is 32.7 Å². The van der Waals surface area contributed by atoms with Gasteiger partial charge in [-0.05, 0) is 49.6 Å². The number of halogens is 2. The summed E-state index contributed by atoms with van der Waals surface area (Å²) in [4.78, 5) is 0. The van der Waals surface area contributed by atoms with Crippen molar-refractivity contribution in [3.8, 4) is 0 Å². The van der Waals surface area contributed by atoms with Gasteiger partial charge in [0, 0.05) is 6.04 Å². The Balaban J connectivity index is 2.20. The lowest BCUT2D eigenvalue weighted by Crippen LogP contribution is -2.24. The van der Waals surface area contributed by atoms with Crippen molar-refractivity contribution in [1.82, 2.24) is 5.32 Å². The predicted molar refractivity (Wildman–Crippen MR) is 82.3 cm³/mol. The topological polar surface area (TPSA) is 12.0 Å². The van der Waals surface area contributed by atoms with E-state index in [1.165, 1.54) is 23.3 Å². The van der Waals surface area contributed by atoms with E-state index in [1.807, 2.05) is 6.92 Å². The van der Waals surface area contributed by atoms with Gasteiger partial charge in [0.1, 0.15) is 0 Å². The zero-order chi connectivity index (χ0) is 15.2. The van der Waals surface area contributed by atoms with E-state index < -0.39 is 11.6 Å². The summed E-state index contributed by atoms with van der Waals surface area (Å²) >= 11 is 0. The molecule has 1 unspecified atom stereocenters. The first-order valence-corrected chi connectivity index (χ1v) is 7.34.